The highest BCUT2D eigenvalue weighted by Crippen LogP contribution is 2.20. The Labute approximate surface area is 162 Å². The molecule has 0 atom stereocenters. The molecule has 5 aromatic rings. The molecule has 0 aliphatic heterocycles. The monoisotopic (exact) mass is 393 g/mol. The number of halogens is 1. The van der Waals surface area contributed by atoms with Crippen LogP contribution in [0.15, 0.2) is 59.2 Å². The quantitative estimate of drug-likeness (QED) is 0.482. The summed E-state index contributed by atoms with van der Waals surface area (Å²) in [6.07, 6.45) is 0. The van der Waals surface area contributed by atoms with Crippen molar-refractivity contribution in [1.29, 1.82) is 0 Å². The van der Waals surface area contributed by atoms with E-state index in [1.807, 2.05) is 36.4 Å². The number of fused-ring (bicyclic) bond motifs is 2. The van der Waals surface area contributed by atoms with E-state index in [-0.39, 0.29) is 6.61 Å². The standard InChI is InChI=1S/C18H12ClN7O2/c19-11-2-1-3-12(8-11)20-16-6-7-17-21-22-18(26(17)23-16)10-27-13-4-5-14-15(9-13)25-28-24-14/h1-9H,10H2,(H,20,23). The van der Waals surface area contributed by atoms with E-state index in [4.69, 9.17) is 21.0 Å². The Morgan fingerprint density at radius 1 is 1.00 bits per heavy atom. The Morgan fingerprint density at radius 3 is 2.86 bits per heavy atom. The molecular weight excluding hydrogens is 382 g/mol. The molecule has 0 amide bonds. The summed E-state index contributed by atoms with van der Waals surface area (Å²) in [7, 11) is 0. The molecule has 5 rings (SSSR count). The van der Waals surface area contributed by atoms with Crippen molar-refractivity contribution in [3.63, 3.8) is 0 Å². The second-order valence-corrected chi connectivity index (χ2v) is 6.38. The summed E-state index contributed by atoms with van der Waals surface area (Å²) in [5, 5.41) is 24.2. The predicted molar refractivity (Wildman–Crippen MR) is 102 cm³/mol. The first-order valence-corrected chi connectivity index (χ1v) is 8.71. The Morgan fingerprint density at radius 2 is 1.93 bits per heavy atom. The molecule has 9 nitrogen and oxygen atoms in total. The van der Waals surface area contributed by atoms with Crippen LogP contribution >= 0.6 is 11.6 Å². The summed E-state index contributed by atoms with van der Waals surface area (Å²) in [5.74, 6) is 1.81. The van der Waals surface area contributed by atoms with Crippen molar-refractivity contribution in [3.05, 3.63) is 65.4 Å². The van der Waals surface area contributed by atoms with Gasteiger partial charge >= 0.3 is 0 Å². The van der Waals surface area contributed by atoms with Crippen molar-refractivity contribution >= 4 is 39.8 Å². The second kappa shape index (κ2) is 6.78. The van der Waals surface area contributed by atoms with E-state index in [9.17, 15) is 0 Å². The molecule has 28 heavy (non-hydrogen) atoms. The minimum atomic E-state index is 0.186. The average molecular weight is 394 g/mol. The SMILES string of the molecule is Clc1cccc(Nc2ccc3nnc(COc4ccc5nonc5c4)n3n2)c1. The number of rotatable bonds is 5. The van der Waals surface area contributed by atoms with Crippen molar-refractivity contribution in [2.24, 2.45) is 0 Å². The van der Waals surface area contributed by atoms with Crippen LogP contribution in [0.4, 0.5) is 11.5 Å². The lowest BCUT2D eigenvalue weighted by Crippen LogP contribution is -2.05. The molecule has 2 aromatic carbocycles. The van der Waals surface area contributed by atoms with E-state index in [0.29, 0.717) is 39.1 Å². The number of hydrogen-bond acceptors (Lipinski definition) is 8. The van der Waals surface area contributed by atoms with Gasteiger partial charge in [0.2, 0.25) is 0 Å². The molecule has 0 unspecified atom stereocenters. The number of nitrogens with one attached hydrogen (secondary N) is 1. The first-order valence-electron chi connectivity index (χ1n) is 8.34. The summed E-state index contributed by atoms with van der Waals surface area (Å²) in [6, 6.07) is 16.3. The smallest absolute Gasteiger partial charge is 0.192 e. The maximum absolute atomic E-state index is 6.03. The first-order chi connectivity index (χ1) is 13.7. The summed E-state index contributed by atoms with van der Waals surface area (Å²) in [4.78, 5) is 0. The Balaban J connectivity index is 1.38. The molecule has 0 saturated heterocycles. The molecule has 0 aliphatic carbocycles. The van der Waals surface area contributed by atoms with Crippen molar-refractivity contribution < 1.29 is 9.37 Å². The third-order valence-electron chi connectivity index (χ3n) is 4.02. The van der Waals surface area contributed by atoms with E-state index < -0.39 is 0 Å². The molecule has 0 fully saturated rings. The zero-order valence-corrected chi connectivity index (χ0v) is 15.0. The lowest BCUT2D eigenvalue weighted by Gasteiger charge is -2.07. The highest BCUT2D eigenvalue weighted by Gasteiger charge is 2.10. The lowest BCUT2D eigenvalue weighted by atomic mass is 10.3. The summed E-state index contributed by atoms with van der Waals surface area (Å²) < 4.78 is 12.1. The van der Waals surface area contributed by atoms with Gasteiger partial charge in [-0.15, -0.1) is 15.3 Å². The number of anilines is 2. The molecule has 3 aromatic heterocycles. The van der Waals surface area contributed by atoms with Crippen LogP contribution in [0.3, 0.4) is 0 Å². The van der Waals surface area contributed by atoms with Gasteiger partial charge in [-0.25, -0.2) is 4.63 Å². The molecule has 10 heteroatoms. The summed E-state index contributed by atoms with van der Waals surface area (Å²) in [6.45, 7) is 0.186. The van der Waals surface area contributed by atoms with Crippen LogP contribution in [0.2, 0.25) is 5.02 Å². The number of nitrogens with zero attached hydrogens (tertiary/aromatic N) is 6. The van der Waals surface area contributed by atoms with Crippen LogP contribution < -0.4 is 10.1 Å². The highest BCUT2D eigenvalue weighted by atomic mass is 35.5. The van der Waals surface area contributed by atoms with E-state index >= 15 is 0 Å². The van der Waals surface area contributed by atoms with E-state index in [2.05, 4.69) is 30.9 Å². The van der Waals surface area contributed by atoms with Gasteiger partial charge in [-0.1, -0.05) is 17.7 Å². The van der Waals surface area contributed by atoms with Crippen LogP contribution in [0.25, 0.3) is 16.7 Å². The van der Waals surface area contributed by atoms with Gasteiger partial charge in [-0.2, -0.15) is 4.52 Å². The van der Waals surface area contributed by atoms with Crippen LogP contribution in [0, 0.1) is 0 Å². The number of aromatic nitrogens is 6. The van der Waals surface area contributed by atoms with Crippen LogP contribution in [0.1, 0.15) is 5.82 Å². The molecular formula is C18H12ClN7O2. The zero-order valence-electron chi connectivity index (χ0n) is 14.3. The molecule has 1 N–H and O–H groups in total. The number of ether oxygens (including phenoxy) is 1. The van der Waals surface area contributed by atoms with Gasteiger partial charge in [0.1, 0.15) is 23.4 Å². The maximum atomic E-state index is 6.03. The molecule has 0 bridgehead atoms. The fraction of sp³-hybridized carbons (Fsp3) is 0.0556. The van der Waals surface area contributed by atoms with Gasteiger partial charge in [0, 0.05) is 16.8 Å². The van der Waals surface area contributed by atoms with Gasteiger partial charge in [-0.05, 0) is 52.8 Å². The Bertz CT molecular complexity index is 1280. The first kappa shape index (κ1) is 16.5. The Kier molecular flexibility index (Phi) is 3.99. The number of hydrogen-bond donors (Lipinski definition) is 1. The number of benzene rings is 2. The Hall–Kier alpha value is -3.72. The van der Waals surface area contributed by atoms with Crippen molar-refractivity contribution in [2.45, 2.75) is 6.61 Å². The van der Waals surface area contributed by atoms with Gasteiger partial charge in [0.25, 0.3) is 0 Å². The zero-order chi connectivity index (χ0) is 18.9. The topological polar surface area (TPSA) is 103 Å². The second-order valence-electron chi connectivity index (χ2n) is 5.94. The fourth-order valence-corrected chi connectivity index (χ4v) is 2.89. The average Bonchev–Trinajstić information content (AvgIpc) is 3.32. The largest absolute Gasteiger partial charge is 0.485 e. The van der Waals surface area contributed by atoms with Crippen molar-refractivity contribution in [2.75, 3.05) is 5.32 Å². The van der Waals surface area contributed by atoms with Gasteiger partial charge in [0.15, 0.2) is 17.3 Å². The van der Waals surface area contributed by atoms with Crippen LogP contribution in [-0.2, 0) is 6.61 Å². The normalized spacial score (nSPS) is 11.2. The van der Waals surface area contributed by atoms with Crippen molar-refractivity contribution in [3.8, 4) is 5.75 Å². The van der Waals surface area contributed by atoms with E-state index in [0.717, 1.165) is 5.69 Å². The van der Waals surface area contributed by atoms with Gasteiger partial charge in [-0.3, -0.25) is 0 Å². The van der Waals surface area contributed by atoms with Crippen molar-refractivity contribution in [1.82, 2.24) is 30.1 Å². The lowest BCUT2D eigenvalue weighted by molar-refractivity contribution is 0.292. The molecule has 0 radical (unpaired) electrons. The summed E-state index contributed by atoms with van der Waals surface area (Å²) >= 11 is 6.03. The van der Waals surface area contributed by atoms with Gasteiger partial charge in [0.05, 0.1) is 0 Å². The van der Waals surface area contributed by atoms with Crippen LogP contribution in [0.5, 0.6) is 5.75 Å². The fourth-order valence-electron chi connectivity index (χ4n) is 2.70. The summed E-state index contributed by atoms with van der Waals surface area (Å²) in [5.41, 5.74) is 2.74. The molecule has 3 heterocycles. The predicted octanol–water partition coefficient (Wildman–Crippen LogP) is 3.64. The highest BCUT2D eigenvalue weighted by molar-refractivity contribution is 6.30. The van der Waals surface area contributed by atoms with E-state index in [1.165, 1.54) is 0 Å². The molecule has 0 saturated carbocycles. The maximum Gasteiger partial charge on any atom is 0.192 e. The molecule has 0 aliphatic rings. The van der Waals surface area contributed by atoms with Crippen LogP contribution in [-0.4, -0.2) is 30.1 Å². The molecule has 138 valence electrons. The van der Waals surface area contributed by atoms with Gasteiger partial charge < -0.3 is 10.1 Å². The third kappa shape index (κ3) is 3.19. The third-order valence-corrected chi connectivity index (χ3v) is 4.25. The minimum Gasteiger partial charge on any atom is -0.485 e. The molecule has 0 spiro atoms. The van der Waals surface area contributed by atoms with E-state index in [1.54, 1.807) is 22.7 Å². The minimum absolute atomic E-state index is 0.186.